The van der Waals surface area contributed by atoms with Crippen molar-refractivity contribution in [3.05, 3.63) is 58.6 Å². The minimum Gasteiger partial charge on any atom is -0.496 e. The lowest BCUT2D eigenvalue weighted by molar-refractivity contribution is -0.141. The summed E-state index contributed by atoms with van der Waals surface area (Å²) < 4.78 is 10.9. The number of hydrogen-bond donors (Lipinski definition) is 1. The van der Waals surface area contributed by atoms with Crippen LogP contribution in [0.3, 0.4) is 0 Å². The van der Waals surface area contributed by atoms with Crippen molar-refractivity contribution in [2.75, 3.05) is 19.5 Å². The summed E-state index contributed by atoms with van der Waals surface area (Å²) in [6.07, 6.45) is 0. The molecule has 1 unspecified atom stereocenters. The van der Waals surface area contributed by atoms with Crippen molar-refractivity contribution in [3.8, 4) is 5.75 Å². The first kappa shape index (κ1) is 15.4. The van der Waals surface area contributed by atoms with E-state index in [0.717, 1.165) is 15.7 Å². The van der Waals surface area contributed by atoms with Gasteiger partial charge in [0.2, 0.25) is 0 Å². The molecule has 0 saturated carbocycles. The van der Waals surface area contributed by atoms with Crippen LogP contribution in [0.5, 0.6) is 5.75 Å². The van der Waals surface area contributed by atoms with E-state index in [4.69, 9.17) is 9.47 Å². The summed E-state index contributed by atoms with van der Waals surface area (Å²) in [5, 5.41) is 3.17. The topological polar surface area (TPSA) is 47.6 Å². The van der Waals surface area contributed by atoms with Gasteiger partial charge in [0.05, 0.1) is 18.7 Å². The molecule has 5 heteroatoms. The molecule has 0 spiro atoms. The van der Waals surface area contributed by atoms with E-state index in [0.29, 0.717) is 5.75 Å². The van der Waals surface area contributed by atoms with Gasteiger partial charge in [-0.05, 0) is 45.8 Å². The van der Waals surface area contributed by atoms with Crippen LogP contribution in [-0.2, 0) is 9.53 Å². The molecule has 21 heavy (non-hydrogen) atoms. The summed E-state index contributed by atoms with van der Waals surface area (Å²) in [7, 11) is 2.97. The predicted molar refractivity (Wildman–Crippen MR) is 85.5 cm³/mol. The van der Waals surface area contributed by atoms with E-state index in [1.807, 2.05) is 48.5 Å². The van der Waals surface area contributed by atoms with Crippen LogP contribution in [0.1, 0.15) is 11.6 Å². The van der Waals surface area contributed by atoms with E-state index in [9.17, 15) is 4.79 Å². The van der Waals surface area contributed by atoms with E-state index < -0.39 is 6.04 Å². The first-order valence-corrected chi connectivity index (χ1v) is 7.18. The van der Waals surface area contributed by atoms with Gasteiger partial charge in [-0.3, -0.25) is 0 Å². The zero-order chi connectivity index (χ0) is 15.2. The van der Waals surface area contributed by atoms with Gasteiger partial charge < -0.3 is 14.8 Å². The van der Waals surface area contributed by atoms with Gasteiger partial charge >= 0.3 is 5.97 Å². The van der Waals surface area contributed by atoms with Crippen LogP contribution in [0.15, 0.2) is 53.0 Å². The highest BCUT2D eigenvalue weighted by Crippen LogP contribution is 2.30. The predicted octanol–water partition coefficient (Wildman–Crippen LogP) is 3.78. The summed E-state index contributed by atoms with van der Waals surface area (Å²) in [5.74, 6) is 0.359. The Morgan fingerprint density at radius 2 is 1.86 bits per heavy atom. The van der Waals surface area contributed by atoms with Crippen LogP contribution in [0.25, 0.3) is 0 Å². The number of benzene rings is 2. The number of hydrogen-bond acceptors (Lipinski definition) is 4. The lowest BCUT2D eigenvalue weighted by atomic mass is 10.1. The zero-order valence-electron chi connectivity index (χ0n) is 11.8. The Hall–Kier alpha value is -2.01. The molecule has 2 aromatic carbocycles. The zero-order valence-corrected chi connectivity index (χ0v) is 13.4. The van der Waals surface area contributed by atoms with Crippen LogP contribution in [0.4, 0.5) is 5.69 Å². The number of halogens is 1. The maximum Gasteiger partial charge on any atom is 0.332 e. The Kier molecular flexibility index (Phi) is 5.22. The third-order valence-electron chi connectivity index (χ3n) is 3.03. The second-order valence-corrected chi connectivity index (χ2v) is 5.21. The Bertz CT molecular complexity index is 616. The van der Waals surface area contributed by atoms with Gasteiger partial charge in [0, 0.05) is 5.69 Å². The highest BCUT2D eigenvalue weighted by Gasteiger charge is 2.22. The quantitative estimate of drug-likeness (QED) is 0.834. The van der Waals surface area contributed by atoms with E-state index in [-0.39, 0.29) is 5.97 Å². The number of nitrogens with one attached hydrogen (secondary N) is 1. The third kappa shape index (κ3) is 3.76. The molecule has 2 rings (SSSR count). The number of carbonyl (C=O) groups excluding carboxylic acids is 1. The molecular weight excluding hydrogens is 334 g/mol. The maximum absolute atomic E-state index is 12.1. The van der Waals surface area contributed by atoms with Gasteiger partial charge in [0.1, 0.15) is 5.75 Å². The second-order valence-electron chi connectivity index (χ2n) is 4.36. The first-order valence-electron chi connectivity index (χ1n) is 6.38. The fourth-order valence-corrected chi connectivity index (χ4v) is 2.52. The number of ether oxygens (including phenoxy) is 2. The van der Waals surface area contributed by atoms with Crippen molar-refractivity contribution >= 4 is 27.6 Å². The Morgan fingerprint density at radius 3 is 2.43 bits per heavy atom. The Labute approximate surface area is 132 Å². The van der Waals surface area contributed by atoms with Crippen molar-refractivity contribution in [2.24, 2.45) is 0 Å². The molecule has 0 aromatic heterocycles. The molecule has 110 valence electrons. The maximum atomic E-state index is 12.1. The van der Waals surface area contributed by atoms with Gasteiger partial charge in [-0.15, -0.1) is 0 Å². The minimum atomic E-state index is -0.584. The highest BCUT2D eigenvalue weighted by atomic mass is 79.9. The van der Waals surface area contributed by atoms with E-state index in [1.165, 1.54) is 7.11 Å². The van der Waals surface area contributed by atoms with Crippen molar-refractivity contribution in [3.63, 3.8) is 0 Å². The molecule has 0 saturated heterocycles. The summed E-state index contributed by atoms with van der Waals surface area (Å²) in [4.78, 5) is 12.1. The first-order chi connectivity index (χ1) is 10.2. The Morgan fingerprint density at radius 1 is 1.14 bits per heavy atom. The van der Waals surface area contributed by atoms with Crippen LogP contribution in [0.2, 0.25) is 0 Å². The molecule has 0 amide bonds. The summed E-state index contributed by atoms with van der Waals surface area (Å²) >= 11 is 3.43. The molecule has 0 fully saturated rings. The fraction of sp³-hybridized carbons (Fsp3) is 0.188. The summed E-state index contributed by atoms with van der Waals surface area (Å²) in [6, 6.07) is 14.4. The molecular formula is C16H16BrNO3. The van der Waals surface area contributed by atoms with Crippen LogP contribution in [0, 0.1) is 0 Å². The highest BCUT2D eigenvalue weighted by molar-refractivity contribution is 9.10. The normalized spacial score (nSPS) is 11.6. The standard InChI is InChI=1S/C16H16BrNO3/c1-20-14-9-8-11(10-13(14)17)15(16(19)21-2)18-12-6-4-3-5-7-12/h3-10,15,18H,1-2H3. The SMILES string of the molecule is COC(=O)C(Nc1ccccc1)c1ccc(OC)c(Br)c1. The lowest BCUT2D eigenvalue weighted by Gasteiger charge is -2.19. The molecule has 1 N–H and O–H groups in total. The van der Waals surface area contributed by atoms with Crippen molar-refractivity contribution in [1.82, 2.24) is 0 Å². The van der Waals surface area contributed by atoms with Gasteiger partial charge in [-0.2, -0.15) is 0 Å². The number of esters is 1. The average molecular weight is 350 g/mol. The number of carbonyl (C=O) groups is 1. The van der Waals surface area contributed by atoms with Crippen LogP contribution >= 0.6 is 15.9 Å². The molecule has 0 radical (unpaired) electrons. The lowest BCUT2D eigenvalue weighted by Crippen LogP contribution is -2.22. The molecule has 0 aliphatic carbocycles. The minimum absolute atomic E-state index is 0.351. The molecule has 1 atom stereocenters. The van der Waals surface area contributed by atoms with Crippen LogP contribution in [-0.4, -0.2) is 20.2 Å². The summed E-state index contributed by atoms with van der Waals surface area (Å²) in [6.45, 7) is 0. The van der Waals surface area contributed by atoms with Gasteiger partial charge in [-0.1, -0.05) is 24.3 Å². The number of rotatable bonds is 5. The van der Waals surface area contributed by atoms with Crippen LogP contribution < -0.4 is 10.1 Å². The third-order valence-corrected chi connectivity index (χ3v) is 3.65. The molecule has 2 aromatic rings. The summed E-state index contributed by atoms with van der Waals surface area (Å²) in [5.41, 5.74) is 1.64. The molecule has 4 nitrogen and oxygen atoms in total. The van der Waals surface area contributed by atoms with Gasteiger partial charge in [0.15, 0.2) is 6.04 Å². The van der Waals surface area contributed by atoms with E-state index >= 15 is 0 Å². The number of para-hydroxylation sites is 1. The monoisotopic (exact) mass is 349 g/mol. The second kappa shape index (κ2) is 7.13. The van der Waals surface area contributed by atoms with Crippen molar-refractivity contribution in [2.45, 2.75) is 6.04 Å². The molecule has 0 bridgehead atoms. The molecule has 0 heterocycles. The van der Waals surface area contributed by atoms with Crippen molar-refractivity contribution in [1.29, 1.82) is 0 Å². The van der Waals surface area contributed by atoms with Crippen molar-refractivity contribution < 1.29 is 14.3 Å². The average Bonchev–Trinajstić information content (AvgIpc) is 2.53. The van der Waals surface area contributed by atoms with E-state index in [2.05, 4.69) is 21.2 Å². The Balaban J connectivity index is 2.32. The fourth-order valence-electron chi connectivity index (χ4n) is 1.96. The van der Waals surface area contributed by atoms with Gasteiger partial charge in [-0.25, -0.2) is 4.79 Å². The molecule has 0 aliphatic heterocycles. The number of anilines is 1. The number of methoxy groups -OCH3 is 2. The largest absolute Gasteiger partial charge is 0.496 e. The smallest absolute Gasteiger partial charge is 0.332 e. The molecule has 0 aliphatic rings. The van der Waals surface area contributed by atoms with E-state index in [1.54, 1.807) is 7.11 Å². The van der Waals surface area contributed by atoms with Gasteiger partial charge in [0.25, 0.3) is 0 Å².